The maximum Gasteiger partial charge on any atom is 0.435 e. The molecule has 10 heteroatoms. The predicted octanol–water partition coefficient (Wildman–Crippen LogP) is 4.04. The summed E-state index contributed by atoms with van der Waals surface area (Å²) in [5.74, 6) is 0.241. The fourth-order valence-corrected chi connectivity index (χ4v) is 3.69. The molecule has 6 nitrogen and oxygen atoms in total. The number of fused-ring (bicyclic) bond motifs is 1. The second kappa shape index (κ2) is 6.52. The molecule has 0 atom stereocenters. The number of thiazole rings is 1. The van der Waals surface area contributed by atoms with Gasteiger partial charge in [0.25, 0.3) is 0 Å². The van der Waals surface area contributed by atoms with Crippen LogP contribution in [0.25, 0.3) is 10.2 Å². The Morgan fingerprint density at radius 3 is 2.81 bits per heavy atom. The van der Waals surface area contributed by atoms with Crippen LogP contribution in [0.2, 0.25) is 0 Å². The average molecular weight is 396 g/mol. The van der Waals surface area contributed by atoms with Gasteiger partial charge in [-0.2, -0.15) is 18.3 Å². The third-order valence-electron chi connectivity index (χ3n) is 4.23. The van der Waals surface area contributed by atoms with Crippen LogP contribution in [0.15, 0.2) is 24.3 Å². The van der Waals surface area contributed by atoms with Crippen molar-refractivity contribution < 1.29 is 22.7 Å². The standard InChI is InChI=1S/C17H15F3N4O2S/c1-26-10-4-5-11-13(6-10)27-16(21-11)22-15(25)8-24-12(9-2-3-9)7-14(23-24)17(18,19)20/h4-7,9H,2-3,8H2,1H3,(H,21,22,25). The summed E-state index contributed by atoms with van der Waals surface area (Å²) in [6, 6.07) is 6.37. The maximum absolute atomic E-state index is 12.9. The van der Waals surface area contributed by atoms with Crippen LogP contribution in [0.5, 0.6) is 5.75 Å². The third-order valence-corrected chi connectivity index (χ3v) is 5.17. The van der Waals surface area contributed by atoms with E-state index in [9.17, 15) is 18.0 Å². The van der Waals surface area contributed by atoms with E-state index in [1.165, 1.54) is 11.3 Å². The van der Waals surface area contributed by atoms with Crippen LogP contribution in [0.4, 0.5) is 18.3 Å². The summed E-state index contributed by atoms with van der Waals surface area (Å²) in [5.41, 5.74) is 0.184. The lowest BCUT2D eigenvalue weighted by molar-refractivity contribution is -0.141. The monoisotopic (exact) mass is 396 g/mol. The van der Waals surface area contributed by atoms with Crippen LogP contribution in [-0.4, -0.2) is 27.8 Å². The fourth-order valence-electron chi connectivity index (χ4n) is 2.78. The summed E-state index contributed by atoms with van der Waals surface area (Å²) in [4.78, 5) is 16.6. The Morgan fingerprint density at radius 2 is 2.15 bits per heavy atom. The van der Waals surface area contributed by atoms with E-state index in [1.807, 2.05) is 0 Å². The van der Waals surface area contributed by atoms with Crippen molar-refractivity contribution in [2.24, 2.45) is 0 Å². The molecule has 1 amide bonds. The van der Waals surface area contributed by atoms with Crippen molar-refractivity contribution >= 4 is 32.6 Å². The average Bonchev–Trinajstić information content (AvgIpc) is 3.22. The summed E-state index contributed by atoms with van der Waals surface area (Å²) < 4.78 is 45.9. The van der Waals surface area contributed by atoms with Crippen molar-refractivity contribution in [3.05, 3.63) is 35.7 Å². The minimum absolute atomic E-state index is 0.0383. The zero-order chi connectivity index (χ0) is 19.2. The van der Waals surface area contributed by atoms with Crippen molar-refractivity contribution in [1.82, 2.24) is 14.8 Å². The number of carbonyl (C=O) groups is 1. The molecule has 3 aromatic rings. The van der Waals surface area contributed by atoms with Crippen molar-refractivity contribution in [2.75, 3.05) is 12.4 Å². The van der Waals surface area contributed by atoms with E-state index < -0.39 is 17.8 Å². The van der Waals surface area contributed by atoms with Gasteiger partial charge in [0.2, 0.25) is 5.91 Å². The number of aromatic nitrogens is 3. The van der Waals surface area contributed by atoms with Crippen LogP contribution in [-0.2, 0) is 17.5 Å². The molecule has 1 aromatic carbocycles. The number of hydrogen-bond donors (Lipinski definition) is 1. The van der Waals surface area contributed by atoms with E-state index >= 15 is 0 Å². The molecular weight excluding hydrogens is 381 g/mol. The SMILES string of the molecule is COc1ccc2nc(NC(=O)Cn3nc(C(F)(F)F)cc3C3CC3)sc2c1. The van der Waals surface area contributed by atoms with Gasteiger partial charge >= 0.3 is 6.18 Å². The zero-order valence-corrected chi connectivity index (χ0v) is 15.0. The van der Waals surface area contributed by atoms with E-state index in [1.54, 1.807) is 25.3 Å². The molecule has 0 radical (unpaired) electrons. The molecule has 142 valence electrons. The van der Waals surface area contributed by atoms with Crippen LogP contribution in [0.1, 0.15) is 30.1 Å². The van der Waals surface area contributed by atoms with E-state index in [4.69, 9.17) is 4.74 Å². The Morgan fingerprint density at radius 1 is 1.37 bits per heavy atom. The van der Waals surface area contributed by atoms with Crippen LogP contribution >= 0.6 is 11.3 Å². The number of nitrogens with zero attached hydrogens (tertiary/aromatic N) is 3. The lowest BCUT2D eigenvalue weighted by Crippen LogP contribution is -2.21. The first-order chi connectivity index (χ1) is 12.8. The number of benzene rings is 1. The van der Waals surface area contributed by atoms with Gasteiger partial charge in [0, 0.05) is 11.6 Å². The number of halogens is 3. The lowest BCUT2D eigenvalue weighted by atomic mass is 10.2. The van der Waals surface area contributed by atoms with E-state index in [0.29, 0.717) is 22.1 Å². The Bertz CT molecular complexity index is 1010. The Balaban J connectivity index is 1.52. The topological polar surface area (TPSA) is 69.0 Å². The first-order valence-electron chi connectivity index (χ1n) is 8.23. The highest BCUT2D eigenvalue weighted by molar-refractivity contribution is 7.22. The van der Waals surface area contributed by atoms with Gasteiger partial charge in [0.15, 0.2) is 10.8 Å². The van der Waals surface area contributed by atoms with Gasteiger partial charge in [-0.25, -0.2) is 4.98 Å². The van der Waals surface area contributed by atoms with E-state index in [0.717, 1.165) is 28.3 Å². The molecule has 0 aliphatic heterocycles. The first kappa shape index (κ1) is 17.8. The predicted molar refractivity (Wildman–Crippen MR) is 94.0 cm³/mol. The zero-order valence-electron chi connectivity index (χ0n) is 14.2. The van der Waals surface area contributed by atoms with Gasteiger partial charge < -0.3 is 10.1 Å². The first-order valence-corrected chi connectivity index (χ1v) is 9.04. The van der Waals surface area contributed by atoms with Crippen LogP contribution < -0.4 is 10.1 Å². The smallest absolute Gasteiger partial charge is 0.435 e. The highest BCUT2D eigenvalue weighted by Gasteiger charge is 2.38. The van der Waals surface area contributed by atoms with Crippen molar-refractivity contribution in [3.63, 3.8) is 0 Å². The molecule has 1 saturated carbocycles. The second-order valence-electron chi connectivity index (χ2n) is 6.28. The minimum Gasteiger partial charge on any atom is -0.497 e. The summed E-state index contributed by atoms with van der Waals surface area (Å²) in [6.45, 7) is -0.291. The van der Waals surface area contributed by atoms with Gasteiger partial charge in [0.1, 0.15) is 12.3 Å². The Kier molecular flexibility index (Phi) is 4.29. The molecule has 1 aliphatic carbocycles. The quantitative estimate of drug-likeness (QED) is 0.707. The van der Waals surface area contributed by atoms with E-state index in [-0.39, 0.29) is 12.5 Å². The number of hydrogen-bond acceptors (Lipinski definition) is 5. The second-order valence-corrected chi connectivity index (χ2v) is 7.32. The Labute approximate surface area is 156 Å². The van der Waals surface area contributed by atoms with E-state index in [2.05, 4.69) is 15.4 Å². The third kappa shape index (κ3) is 3.75. The molecule has 4 rings (SSSR count). The molecule has 27 heavy (non-hydrogen) atoms. The van der Waals surface area contributed by atoms with Crippen LogP contribution in [0, 0.1) is 0 Å². The summed E-state index contributed by atoms with van der Waals surface area (Å²) >= 11 is 1.27. The van der Waals surface area contributed by atoms with Crippen molar-refractivity contribution in [3.8, 4) is 5.75 Å². The highest BCUT2D eigenvalue weighted by Crippen LogP contribution is 2.42. The molecule has 0 unspecified atom stereocenters. The van der Waals surface area contributed by atoms with Crippen LogP contribution in [0.3, 0.4) is 0 Å². The summed E-state index contributed by atoms with van der Waals surface area (Å²) in [6.07, 6.45) is -2.91. The molecule has 1 aliphatic rings. The normalized spacial score (nSPS) is 14.5. The molecular formula is C17H15F3N4O2S. The number of nitrogens with one attached hydrogen (secondary N) is 1. The van der Waals surface area contributed by atoms with Gasteiger partial charge in [-0.05, 0) is 37.1 Å². The molecule has 0 saturated heterocycles. The van der Waals surface area contributed by atoms with Gasteiger partial charge in [-0.15, -0.1) is 0 Å². The largest absolute Gasteiger partial charge is 0.497 e. The lowest BCUT2D eigenvalue weighted by Gasteiger charge is -2.06. The number of ether oxygens (including phenoxy) is 1. The number of alkyl halides is 3. The number of anilines is 1. The molecule has 0 spiro atoms. The van der Waals surface area contributed by atoms with Gasteiger partial charge in [-0.1, -0.05) is 11.3 Å². The number of amides is 1. The Hall–Kier alpha value is -2.62. The molecule has 0 bridgehead atoms. The van der Waals surface area contributed by atoms with Crippen molar-refractivity contribution in [1.29, 1.82) is 0 Å². The van der Waals surface area contributed by atoms with Gasteiger partial charge in [0.05, 0.1) is 17.3 Å². The maximum atomic E-state index is 12.9. The molecule has 1 N–H and O–H groups in total. The summed E-state index contributed by atoms with van der Waals surface area (Å²) in [7, 11) is 1.56. The molecule has 2 heterocycles. The van der Waals surface area contributed by atoms with Gasteiger partial charge in [-0.3, -0.25) is 9.48 Å². The number of rotatable bonds is 5. The number of methoxy groups -OCH3 is 1. The highest BCUT2D eigenvalue weighted by atomic mass is 32.1. The molecule has 2 aromatic heterocycles. The molecule has 1 fully saturated rings. The van der Waals surface area contributed by atoms with Crippen molar-refractivity contribution in [2.45, 2.75) is 31.5 Å². The summed E-state index contributed by atoms with van der Waals surface area (Å²) in [5, 5.41) is 6.60. The number of carbonyl (C=O) groups excluding carboxylic acids is 1. The minimum atomic E-state index is -4.53. The fraction of sp³-hybridized carbons (Fsp3) is 0.353.